The number of benzene rings is 1. The zero-order valence-electron chi connectivity index (χ0n) is 12.1. The average Bonchev–Trinajstić information content (AvgIpc) is 2.53. The molecule has 0 saturated heterocycles. The molecule has 4 heteroatoms. The molecule has 1 aliphatic heterocycles. The van der Waals surface area contributed by atoms with E-state index in [1.54, 1.807) is 0 Å². The highest BCUT2D eigenvalue weighted by molar-refractivity contribution is 6.30. The van der Waals surface area contributed by atoms with E-state index in [1.165, 1.54) is 6.42 Å². The van der Waals surface area contributed by atoms with Crippen LogP contribution in [0.4, 0.5) is 0 Å². The van der Waals surface area contributed by atoms with Crippen LogP contribution in [-0.4, -0.2) is 16.2 Å². The Kier molecular flexibility index (Phi) is 4.30. The first-order valence-electron chi connectivity index (χ1n) is 7.41. The van der Waals surface area contributed by atoms with Gasteiger partial charge in [-0.1, -0.05) is 61.7 Å². The lowest BCUT2D eigenvalue weighted by Crippen LogP contribution is -2.13. The van der Waals surface area contributed by atoms with Gasteiger partial charge in [-0.15, -0.1) is 0 Å². The first-order valence-corrected chi connectivity index (χ1v) is 7.79. The molecule has 2 aromatic rings. The van der Waals surface area contributed by atoms with Crippen LogP contribution in [0.25, 0.3) is 11.4 Å². The van der Waals surface area contributed by atoms with Gasteiger partial charge in [-0.3, -0.25) is 4.99 Å². The predicted molar refractivity (Wildman–Crippen MR) is 86.9 cm³/mol. The molecule has 0 spiro atoms. The Morgan fingerprint density at radius 1 is 1.19 bits per heavy atom. The predicted octanol–water partition coefficient (Wildman–Crippen LogP) is 4.66. The number of aliphatic imine (C=N–C) groups is 1. The van der Waals surface area contributed by atoms with E-state index in [0.29, 0.717) is 17.5 Å². The summed E-state index contributed by atoms with van der Waals surface area (Å²) >= 11 is 6.46. The fraction of sp³-hybridized carbons (Fsp3) is 0.353. The van der Waals surface area contributed by atoms with Gasteiger partial charge >= 0.3 is 0 Å². The van der Waals surface area contributed by atoms with Crippen LogP contribution in [0.1, 0.15) is 43.4 Å². The zero-order chi connectivity index (χ0) is 14.7. The monoisotopic (exact) mass is 299 g/mol. The number of nitrogens with zero attached hydrogens (tertiary/aromatic N) is 3. The molecule has 2 heterocycles. The zero-order valence-corrected chi connectivity index (χ0v) is 12.8. The number of unbranched alkanes of at least 4 members (excludes halogenated alkanes) is 1. The van der Waals surface area contributed by atoms with Crippen molar-refractivity contribution < 1.29 is 0 Å². The maximum atomic E-state index is 6.46. The van der Waals surface area contributed by atoms with E-state index in [2.05, 4.69) is 16.9 Å². The molecule has 3 rings (SSSR count). The van der Waals surface area contributed by atoms with Gasteiger partial charge < -0.3 is 0 Å². The lowest BCUT2D eigenvalue weighted by molar-refractivity contribution is 0.668. The van der Waals surface area contributed by atoms with E-state index in [9.17, 15) is 0 Å². The Balaban J connectivity index is 1.99. The van der Waals surface area contributed by atoms with Crippen molar-refractivity contribution in [3.8, 4) is 11.4 Å². The van der Waals surface area contributed by atoms with Crippen LogP contribution < -0.4 is 0 Å². The van der Waals surface area contributed by atoms with E-state index in [-0.39, 0.29) is 5.92 Å². The quantitative estimate of drug-likeness (QED) is 0.770. The summed E-state index contributed by atoms with van der Waals surface area (Å²) in [5.74, 6) is 0.941. The van der Waals surface area contributed by atoms with Gasteiger partial charge in [0.1, 0.15) is 5.15 Å². The van der Waals surface area contributed by atoms with Crippen molar-refractivity contribution in [1.82, 2.24) is 9.97 Å². The summed E-state index contributed by atoms with van der Waals surface area (Å²) in [6.07, 6.45) is 5.39. The molecule has 1 aliphatic rings. The second kappa shape index (κ2) is 6.35. The molecule has 21 heavy (non-hydrogen) atoms. The molecule has 0 radical (unpaired) electrons. The fourth-order valence-electron chi connectivity index (χ4n) is 2.67. The van der Waals surface area contributed by atoms with Crippen molar-refractivity contribution in [2.24, 2.45) is 4.99 Å². The van der Waals surface area contributed by atoms with Gasteiger partial charge in [0.2, 0.25) is 0 Å². The summed E-state index contributed by atoms with van der Waals surface area (Å²) in [5, 5.41) is 0.575. The molecule has 3 nitrogen and oxygen atoms in total. The van der Waals surface area contributed by atoms with Gasteiger partial charge in [0.25, 0.3) is 0 Å². The second-order valence-electron chi connectivity index (χ2n) is 5.30. The van der Waals surface area contributed by atoms with Gasteiger partial charge in [0, 0.05) is 23.3 Å². The third-order valence-corrected chi connectivity index (χ3v) is 4.06. The van der Waals surface area contributed by atoms with Crippen molar-refractivity contribution in [2.75, 3.05) is 0 Å². The number of hydrogen-bond acceptors (Lipinski definition) is 3. The standard InChI is InChI=1S/C17H18ClN3/c1-2-3-7-13-10-19-11-14-15(13)16(18)21-17(20-14)12-8-5-4-6-9-12/h4-6,8-10,13H,2-3,7,11H2,1H3. The SMILES string of the molecule is CCCCC1C=NCc2nc(-c3ccccc3)nc(Cl)c21. The third kappa shape index (κ3) is 2.98. The largest absolute Gasteiger partial charge is 0.290 e. The van der Waals surface area contributed by atoms with Gasteiger partial charge in [-0.2, -0.15) is 0 Å². The summed E-state index contributed by atoms with van der Waals surface area (Å²) in [5.41, 5.74) is 3.03. The minimum Gasteiger partial charge on any atom is -0.290 e. The van der Waals surface area contributed by atoms with Gasteiger partial charge in [0.15, 0.2) is 5.82 Å². The molecule has 1 atom stereocenters. The summed E-state index contributed by atoms with van der Waals surface area (Å²) in [6, 6.07) is 9.94. The first kappa shape index (κ1) is 14.2. The van der Waals surface area contributed by atoms with Crippen LogP contribution in [0.15, 0.2) is 35.3 Å². The highest BCUT2D eigenvalue weighted by Crippen LogP contribution is 2.33. The topological polar surface area (TPSA) is 38.1 Å². The van der Waals surface area contributed by atoms with Crippen LogP contribution in [0.2, 0.25) is 5.15 Å². The molecule has 0 saturated carbocycles. The van der Waals surface area contributed by atoms with Crippen molar-refractivity contribution in [2.45, 2.75) is 38.6 Å². The van der Waals surface area contributed by atoms with Crippen LogP contribution in [0.3, 0.4) is 0 Å². The summed E-state index contributed by atoms with van der Waals surface area (Å²) < 4.78 is 0. The second-order valence-corrected chi connectivity index (χ2v) is 5.66. The number of hydrogen-bond donors (Lipinski definition) is 0. The summed E-state index contributed by atoms with van der Waals surface area (Å²) in [7, 11) is 0. The number of rotatable bonds is 4. The summed E-state index contributed by atoms with van der Waals surface area (Å²) in [4.78, 5) is 13.7. The Morgan fingerprint density at radius 2 is 2.00 bits per heavy atom. The van der Waals surface area contributed by atoms with Crippen molar-refractivity contribution in [3.63, 3.8) is 0 Å². The van der Waals surface area contributed by atoms with Crippen LogP contribution >= 0.6 is 11.6 Å². The minimum atomic E-state index is 0.256. The van der Waals surface area contributed by atoms with Crippen molar-refractivity contribution in [3.05, 3.63) is 46.7 Å². The molecule has 1 aromatic carbocycles. The van der Waals surface area contributed by atoms with E-state index >= 15 is 0 Å². The van der Waals surface area contributed by atoms with Crippen LogP contribution in [0, 0.1) is 0 Å². The van der Waals surface area contributed by atoms with Gasteiger partial charge in [-0.25, -0.2) is 9.97 Å². The maximum Gasteiger partial charge on any atom is 0.161 e. The molecule has 0 amide bonds. The Morgan fingerprint density at radius 3 is 2.76 bits per heavy atom. The molecule has 1 unspecified atom stereocenters. The normalized spacial score (nSPS) is 16.8. The Labute approximate surface area is 130 Å². The average molecular weight is 300 g/mol. The number of fused-ring (bicyclic) bond motifs is 1. The highest BCUT2D eigenvalue weighted by atomic mass is 35.5. The Bertz CT molecular complexity index is 653. The molecular formula is C17H18ClN3. The van der Waals surface area contributed by atoms with E-state index in [4.69, 9.17) is 16.6 Å². The number of halogens is 1. The fourth-order valence-corrected chi connectivity index (χ4v) is 3.00. The van der Waals surface area contributed by atoms with E-state index < -0.39 is 0 Å². The molecule has 0 fully saturated rings. The lowest BCUT2D eigenvalue weighted by atomic mass is 9.92. The van der Waals surface area contributed by atoms with Crippen molar-refractivity contribution in [1.29, 1.82) is 0 Å². The first-order chi connectivity index (χ1) is 10.3. The molecule has 0 N–H and O–H groups in total. The smallest absolute Gasteiger partial charge is 0.161 e. The molecular weight excluding hydrogens is 282 g/mol. The van der Waals surface area contributed by atoms with E-state index in [1.807, 2.05) is 36.5 Å². The lowest BCUT2D eigenvalue weighted by Gasteiger charge is -2.21. The van der Waals surface area contributed by atoms with Crippen LogP contribution in [-0.2, 0) is 6.54 Å². The minimum absolute atomic E-state index is 0.256. The van der Waals surface area contributed by atoms with Crippen molar-refractivity contribution >= 4 is 17.8 Å². The van der Waals surface area contributed by atoms with E-state index in [0.717, 1.165) is 29.7 Å². The number of aromatic nitrogens is 2. The molecule has 0 bridgehead atoms. The summed E-state index contributed by atoms with van der Waals surface area (Å²) in [6.45, 7) is 2.79. The Hall–Kier alpha value is -1.74. The molecule has 0 aliphatic carbocycles. The third-order valence-electron chi connectivity index (χ3n) is 3.78. The highest BCUT2D eigenvalue weighted by Gasteiger charge is 2.23. The van der Waals surface area contributed by atoms with Gasteiger partial charge in [0.05, 0.1) is 12.2 Å². The maximum absolute atomic E-state index is 6.46. The van der Waals surface area contributed by atoms with Crippen LogP contribution in [0.5, 0.6) is 0 Å². The molecule has 1 aromatic heterocycles. The molecule has 108 valence electrons. The van der Waals surface area contributed by atoms with Gasteiger partial charge in [-0.05, 0) is 6.42 Å².